The summed E-state index contributed by atoms with van der Waals surface area (Å²) < 4.78 is 16.6. The van der Waals surface area contributed by atoms with E-state index in [-0.39, 0.29) is 12.8 Å². The van der Waals surface area contributed by atoms with Crippen molar-refractivity contribution in [2.24, 2.45) is 5.92 Å². The van der Waals surface area contributed by atoms with Crippen molar-refractivity contribution in [3.8, 4) is 11.5 Å². The molecule has 3 atom stereocenters. The average Bonchev–Trinajstić information content (AvgIpc) is 3.10. The van der Waals surface area contributed by atoms with Crippen LogP contribution in [0.5, 0.6) is 11.5 Å². The standard InChI is InChI=1S/C39H42N2O7/c1-39(38(45)47-3,26-30-16-9-5-10-17-30)41-36(42)35(32(37(43)44)24-28-14-7-4-8-15-28)40-23-13-20-29-21-22-33(46-2)34(25-29)48-27-31-18-11-6-12-19-31/h4-19,21-23,25,32,35,40H,20,24,26-27H2,1-3H3,(H,41,42)(H,43,44)/t32?,35-,39-/m0/s1. The molecule has 4 rings (SSSR count). The normalized spacial score (nSPS) is 13.5. The maximum Gasteiger partial charge on any atom is 0.331 e. The number of amides is 1. The summed E-state index contributed by atoms with van der Waals surface area (Å²) in [4.78, 5) is 39.6. The first-order valence-corrected chi connectivity index (χ1v) is 15.7. The summed E-state index contributed by atoms with van der Waals surface area (Å²) in [5.41, 5.74) is 2.05. The van der Waals surface area contributed by atoms with Crippen molar-refractivity contribution in [2.75, 3.05) is 14.2 Å². The van der Waals surface area contributed by atoms with E-state index in [1.807, 2.05) is 109 Å². The molecule has 9 heteroatoms. The summed E-state index contributed by atoms with van der Waals surface area (Å²) in [5, 5.41) is 16.2. The number of rotatable bonds is 17. The lowest BCUT2D eigenvalue weighted by Gasteiger charge is -2.32. The van der Waals surface area contributed by atoms with Gasteiger partial charge < -0.3 is 30.0 Å². The molecule has 4 aromatic carbocycles. The van der Waals surface area contributed by atoms with E-state index < -0.39 is 35.3 Å². The van der Waals surface area contributed by atoms with Gasteiger partial charge in [0.2, 0.25) is 5.91 Å². The Labute approximate surface area is 281 Å². The van der Waals surface area contributed by atoms with Crippen molar-refractivity contribution in [3.05, 3.63) is 144 Å². The number of methoxy groups -OCH3 is 2. The average molecular weight is 651 g/mol. The van der Waals surface area contributed by atoms with Crippen LogP contribution in [-0.2, 0) is 45.0 Å². The summed E-state index contributed by atoms with van der Waals surface area (Å²) >= 11 is 0. The van der Waals surface area contributed by atoms with Crippen molar-refractivity contribution >= 4 is 17.8 Å². The highest BCUT2D eigenvalue weighted by atomic mass is 16.5. The van der Waals surface area contributed by atoms with Crippen molar-refractivity contribution in [3.63, 3.8) is 0 Å². The molecule has 0 aliphatic carbocycles. The number of hydrogen-bond acceptors (Lipinski definition) is 7. The fourth-order valence-electron chi connectivity index (χ4n) is 5.40. The molecule has 0 radical (unpaired) electrons. The summed E-state index contributed by atoms with van der Waals surface area (Å²) in [7, 11) is 2.84. The predicted octanol–water partition coefficient (Wildman–Crippen LogP) is 5.52. The number of carboxylic acids is 1. The Morgan fingerprint density at radius 1 is 0.792 bits per heavy atom. The molecule has 0 aliphatic heterocycles. The Hall–Kier alpha value is -5.57. The largest absolute Gasteiger partial charge is 0.493 e. The zero-order valence-electron chi connectivity index (χ0n) is 27.4. The van der Waals surface area contributed by atoms with Crippen LogP contribution < -0.4 is 20.1 Å². The van der Waals surface area contributed by atoms with Crippen LogP contribution >= 0.6 is 0 Å². The van der Waals surface area contributed by atoms with Crippen molar-refractivity contribution in [1.29, 1.82) is 0 Å². The second-order valence-corrected chi connectivity index (χ2v) is 11.6. The van der Waals surface area contributed by atoms with Gasteiger partial charge in [0.1, 0.15) is 18.2 Å². The number of aliphatic carboxylic acids is 1. The lowest BCUT2D eigenvalue weighted by atomic mass is 9.88. The molecule has 48 heavy (non-hydrogen) atoms. The maximum absolute atomic E-state index is 14.0. The fourth-order valence-corrected chi connectivity index (χ4v) is 5.40. The van der Waals surface area contributed by atoms with E-state index in [2.05, 4.69) is 10.6 Å². The fraction of sp³-hybridized carbons (Fsp3) is 0.256. The minimum atomic E-state index is -1.45. The van der Waals surface area contributed by atoms with Crippen LogP contribution in [0.1, 0.15) is 29.2 Å². The first-order valence-electron chi connectivity index (χ1n) is 15.7. The van der Waals surface area contributed by atoms with Gasteiger partial charge in [0.05, 0.1) is 20.1 Å². The Balaban J connectivity index is 1.55. The molecule has 0 saturated carbocycles. The lowest BCUT2D eigenvalue weighted by Crippen LogP contribution is -2.60. The molecule has 0 saturated heterocycles. The highest BCUT2D eigenvalue weighted by molar-refractivity contribution is 5.93. The minimum absolute atomic E-state index is 0.0866. The van der Waals surface area contributed by atoms with Gasteiger partial charge >= 0.3 is 11.9 Å². The molecule has 0 aromatic heterocycles. The molecule has 9 nitrogen and oxygen atoms in total. The number of hydrogen-bond donors (Lipinski definition) is 3. The smallest absolute Gasteiger partial charge is 0.331 e. The number of nitrogens with one attached hydrogen (secondary N) is 2. The number of carbonyl (C=O) groups is 3. The third-order valence-corrected chi connectivity index (χ3v) is 7.95. The van der Waals surface area contributed by atoms with Gasteiger partial charge in [0, 0.05) is 6.42 Å². The first-order chi connectivity index (χ1) is 23.2. The number of ether oxygens (including phenoxy) is 3. The quantitative estimate of drug-likeness (QED) is 0.128. The molecular weight excluding hydrogens is 608 g/mol. The Morgan fingerprint density at radius 3 is 1.98 bits per heavy atom. The minimum Gasteiger partial charge on any atom is -0.493 e. The van der Waals surface area contributed by atoms with Gasteiger partial charge in [-0.15, -0.1) is 0 Å². The molecular formula is C39H42N2O7. The van der Waals surface area contributed by atoms with Crippen LogP contribution in [0.15, 0.2) is 121 Å². The number of esters is 1. The SMILES string of the molecule is COC(=O)[C@](C)(Cc1ccccc1)NC(=O)[C@@H](NC=CCc1ccc(OC)c(OCc2ccccc2)c1)C(Cc1ccccc1)C(=O)O. The van der Waals surface area contributed by atoms with Crippen LogP contribution in [0.25, 0.3) is 0 Å². The molecule has 0 aliphatic rings. The van der Waals surface area contributed by atoms with Crippen molar-refractivity contribution in [1.82, 2.24) is 10.6 Å². The summed E-state index contributed by atoms with van der Waals surface area (Å²) in [5.74, 6) is -2.41. The lowest BCUT2D eigenvalue weighted by molar-refractivity contribution is -0.151. The summed E-state index contributed by atoms with van der Waals surface area (Å²) in [6, 6.07) is 32.5. The second-order valence-electron chi connectivity index (χ2n) is 11.6. The van der Waals surface area contributed by atoms with Gasteiger partial charge in [-0.05, 0) is 60.4 Å². The van der Waals surface area contributed by atoms with E-state index in [9.17, 15) is 19.5 Å². The number of carboxylic acid groups (broad SMARTS) is 1. The van der Waals surface area contributed by atoms with E-state index in [4.69, 9.17) is 14.2 Å². The van der Waals surface area contributed by atoms with E-state index >= 15 is 0 Å². The van der Waals surface area contributed by atoms with E-state index in [0.717, 1.165) is 22.3 Å². The molecule has 0 fully saturated rings. The van der Waals surface area contributed by atoms with Crippen LogP contribution in [0.3, 0.4) is 0 Å². The van der Waals surface area contributed by atoms with Crippen LogP contribution in [0.4, 0.5) is 0 Å². The number of benzene rings is 4. The monoisotopic (exact) mass is 650 g/mol. The Morgan fingerprint density at radius 2 is 1.40 bits per heavy atom. The zero-order valence-corrected chi connectivity index (χ0v) is 27.4. The Kier molecular flexibility index (Phi) is 12.8. The molecule has 0 bridgehead atoms. The predicted molar refractivity (Wildman–Crippen MR) is 184 cm³/mol. The number of allylic oxidation sites excluding steroid dienone is 1. The second kappa shape index (κ2) is 17.4. The highest BCUT2D eigenvalue weighted by Crippen LogP contribution is 2.29. The molecule has 1 amide bonds. The van der Waals surface area contributed by atoms with Gasteiger partial charge in [-0.2, -0.15) is 0 Å². The maximum atomic E-state index is 14.0. The van der Waals surface area contributed by atoms with Gasteiger partial charge in [-0.3, -0.25) is 9.59 Å². The zero-order chi connectivity index (χ0) is 34.4. The molecule has 1 unspecified atom stereocenters. The van der Waals surface area contributed by atoms with Gasteiger partial charge in [0.15, 0.2) is 11.5 Å². The molecule has 4 aromatic rings. The van der Waals surface area contributed by atoms with E-state index in [0.29, 0.717) is 24.5 Å². The number of carbonyl (C=O) groups excluding carboxylic acids is 2. The van der Waals surface area contributed by atoms with Crippen LogP contribution in [0.2, 0.25) is 0 Å². The third-order valence-electron chi connectivity index (χ3n) is 7.95. The molecule has 0 heterocycles. The first kappa shape index (κ1) is 35.3. The van der Waals surface area contributed by atoms with Crippen LogP contribution in [-0.4, -0.2) is 48.8 Å². The van der Waals surface area contributed by atoms with E-state index in [1.54, 1.807) is 26.3 Å². The topological polar surface area (TPSA) is 123 Å². The van der Waals surface area contributed by atoms with Crippen molar-refractivity contribution in [2.45, 2.75) is 44.4 Å². The van der Waals surface area contributed by atoms with Crippen molar-refractivity contribution < 1.29 is 33.7 Å². The Bertz CT molecular complexity index is 1660. The van der Waals surface area contributed by atoms with E-state index in [1.165, 1.54) is 7.11 Å². The molecule has 3 N–H and O–H groups in total. The van der Waals surface area contributed by atoms with Gasteiger partial charge in [-0.1, -0.05) is 103 Å². The van der Waals surface area contributed by atoms with Crippen LogP contribution in [0, 0.1) is 5.92 Å². The van der Waals surface area contributed by atoms with Gasteiger partial charge in [-0.25, -0.2) is 4.79 Å². The molecule has 250 valence electrons. The highest BCUT2D eigenvalue weighted by Gasteiger charge is 2.41. The third kappa shape index (κ3) is 9.96. The van der Waals surface area contributed by atoms with Gasteiger partial charge in [0.25, 0.3) is 0 Å². The summed E-state index contributed by atoms with van der Waals surface area (Å²) in [6.07, 6.45) is 4.07. The summed E-state index contributed by atoms with van der Waals surface area (Å²) in [6.45, 7) is 1.95. The molecule has 0 spiro atoms.